The molecule has 2 aliphatic heterocycles. The fourth-order valence-corrected chi connectivity index (χ4v) is 3.76. The first-order chi connectivity index (χ1) is 13.3. The van der Waals surface area contributed by atoms with Gasteiger partial charge in [0.15, 0.2) is 5.82 Å². The van der Waals surface area contributed by atoms with Crippen LogP contribution < -0.4 is 0 Å². The molecule has 8 nitrogen and oxygen atoms in total. The van der Waals surface area contributed by atoms with Crippen LogP contribution in [-0.4, -0.2) is 81.3 Å². The number of aryl methyl sites for hydroxylation is 1. The van der Waals surface area contributed by atoms with Crippen molar-refractivity contribution in [1.29, 1.82) is 0 Å². The van der Waals surface area contributed by atoms with E-state index in [0.717, 1.165) is 76.5 Å². The van der Waals surface area contributed by atoms with E-state index >= 15 is 0 Å². The third-order valence-electron chi connectivity index (χ3n) is 5.30. The predicted molar refractivity (Wildman–Crippen MR) is 99.5 cm³/mol. The summed E-state index contributed by atoms with van der Waals surface area (Å²) in [5, 5.41) is 12.1. The van der Waals surface area contributed by atoms with Gasteiger partial charge >= 0.3 is 0 Å². The number of piperazine rings is 1. The number of carbonyl (C=O) groups excluding carboxylic acids is 1. The Morgan fingerprint density at radius 3 is 2.70 bits per heavy atom. The molecule has 2 aromatic rings. The van der Waals surface area contributed by atoms with Crippen molar-refractivity contribution in [2.75, 3.05) is 39.3 Å². The van der Waals surface area contributed by atoms with Crippen molar-refractivity contribution in [2.45, 2.75) is 31.8 Å². The molecule has 4 rings (SSSR count). The highest BCUT2D eigenvalue weighted by Crippen LogP contribution is 2.16. The van der Waals surface area contributed by atoms with Gasteiger partial charge in [0.2, 0.25) is 0 Å². The third kappa shape index (κ3) is 4.33. The Kier molecular flexibility index (Phi) is 5.74. The highest BCUT2D eigenvalue weighted by molar-refractivity contribution is 5.81. The maximum Gasteiger partial charge on any atom is 0.251 e. The molecule has 0 N–H and O–H groups in total. The van der Waals surface area contributed by atoms with Crippen LogP contribution in [0.3, 0.4) is 0 Å². The Morgan fingerprint density at radius 2 is 1.96 bits per heavy atom. The Bertz CT molecular complexity index is 736. The molecule has 1 atom stereocenters. The summed E-state index contributed by atoms with van der Waals surface area (Å²) in [4.78, 5) is 16.8. The van der Waals surface area contributed by atoms with Crippen LogP contribution in [0.4, 0.5) is 0 Å². The summed E-state index contributed by atoms with van der Waals surface area (Å²) in [5.74, 6) is 1.06. The summed E-state index contributed by atoms with van der Waals surface area (Å²) >= 11 is 0. The Morgan fingerprint density at radius 1 is 1.15 bits per heavy atom. The minimum absolute atomic E-state index is 0.175. The molecule has 1 aromatic carbocycles. The zero-order valence-electron chi connectivity index (χ0n) is 15.5. The van der Waals surface area contributed by atoms with Crippen molar-refractivity contribution in [3.8, 4) is 5.69 Å². The molecular weight excluding hydrogens is 344 g/mol. The summed E-state index contributed by atoms with van der Waals surface area (Å²) in [7, 11) is 0. The van der Waals surface area contributed by atoms with E-state index in [0.29, 0.717) is 0 Å². The van der Waals surface area contributed by atoms with Gasteiger partial charge in [0.25, 0.3) is 5.91 Å². The molecule has 2 saturated heterocycles. The van der Waals surface area contributed by atoms with Gasteiger partial charge in [-0.15, -0.1) is 5.10 Å². The fraction of sp³-hybridized carbons (Fsp3) is 0.579. The molecule has 1 aromatic heterocycles. The molecule has 0 bridgehead atoms. The number of hydrogen-bond acceptors (Lipinski definition) is 6. The van der Waals surface area contributed by atoms with Crippen LogP contribution in [0.1, 0.15) is 25.1 Å². The van der Waals surface area contributed by atoms with E-state index < -0.39 is 0 Å². The number of tetrazole rings is 1. The minimum atomic E-state index is -0.201. The summed E-state index contributed by atoms with van der Waals surface area (Å²) in [6.07, 6.45) is 3.49. The molecule has 27 heavy (non-hydrogen) atoms. The molecule has 8 heteroatoms. The Labute approximate surface area is 159 Å². The summed E-state index contributed by atoms with van der Waals surface area (Å²) < 4.78 is 7.33. The van der Waals surface area contributed by atoms with Gasteiger partial charge in [0.05, 0.1) is 5.69 Å². The third-order valence-corrected chi connectivity index (χ3v) is 5.30. The van der Waals surface area contributed by atoms with Crippen LogP contribution in [0.15, 0.2) is 30.3 Å². The molecule has 0 aliphatic carbocycles. The molecule has 0 radical (unpaired) electrons. The lowest BCUT2D eigenvalue weighted by atomic mass is 10.2. The molecule has 2 fully saturated rings. The summed E-state index contributed by atoms with van der Waals surface area (Å²) in [6, 6.07) is 9.96. The quantitative estimate of drug-likeness (QED) is 0.753. The molecule has 1 amide bonds. The van der Waals surface area contributed by atoms with E-state index in [9.17, 15) is 4.79 Å². The number of hydrogen-bond donors (Lipinski definition) is 0. The summed E-state index contributed by atoms with van der Waals surface area (Å²) in [6.45, 7) is 5.13. The summed E-state index contributed by atoms with van der Waals surface area (Å²) in [5.41, 5.74) is 0.985. The van der Waals surface area contributed by atoms with Crippen LogP contribution in [0.2, 0.25) is 0 Å². The first-order valence-corrected chi connectivity index (χ1v) is 9.77. The molecule has 0 spiro atoms. The standard InChI is InChI=1S/C19H26N6O2/c26-19(17-8-5-15-27-17)24-13-11-23(12-14-24)10-4-9-18-20-21-22-25(18)16-6-2-1-3-7-16/h1-3,6-7,17H,4-5,8-15H2. The molecule has 0 saturated carbocycles. The zero-order chi connectivity index (χ0) is 18.5. The van der Waals surface area contributed by atoms with Crippen LogP contribution in [-0.2, 0) is 16.0 Å². The number of benzene rings is 1. The van der Waals surface area contributed by atoms with Crippen molar-refractivity contribution in [3.05, 3.63) is 36.2 Å². The van der Waals surface area contributed by atoms with Crippen molar-refractivity contribution in [2.24, 2.45) is 0 Å². The SMILES string of the molecule is O=C(C1CCCO1)N1CCN(CCCc2nnnn2-c2ccccc2)CC1. The number of nitrogens with zero attached hydrogens (tertiary/aromatic N) is 6. The normalized spacial score (nSPS) is 20.9. The first-order valence-electron chi connectivity index (χ1n) is 9.77. The smallest absolute Gasteiger partial charge is 0.251 e. The number of rotatable bonds is 6. The van der Waals surface area contributed by atoms with Crippen molar-refractivity contribution >= 4 is 5.91 Å². The second-order valence-electron chi connectivity index (χ2n) is 7.11. The monoisotopic (exact) mass is 370 g/mol. The molecule has 3 heterocycles. The second-order valence-corrected chi connectivity index (χ2v) is 7.11. The number of amides is 1. The van der Waals surface area contributed by atoms with Crippen molar-refractivity contribution < 1.29 is 9.53 Å². The van der Waals surface area contributed by atoms with Gasteiger partial charge in [-0.3, -0.25) is 9.69 Å². The maximum absolute atomic E-state index is 12.4. The average Bonchev–Trinajstić information content (AvgIpc) is 3.41. The number of para-hydroxylation sites is 1. The second kappa shape index (κ2) is 8.58. The maximum atomic E-state index is 12.4. The van der Waals surface area contributed by atoms with E-state index in [1.165, 1.54) is 0 Å². The molecular formula is C19H26N6O2. The van der Waals surface area contributed by atoms with E-state index in [4.69, 9.17) is 4.74 Å². The highest BCUT2D eigenvalue weighted by Gasteiger charge is 2.30. The first kappa shape index (κ1) is 18.1. The van der Waals surface area contributed by atoms with Gasteiger partial charge in [-0.2, -0.15) is 4.68 Å². The lowest BCUT2D eigenvalue weighted by Crippen LogP contribution is -2.51. The largest absolute Gasteiger partial charge is 0.368 e. The van der Waals surface area contributed by atoms with Gasteiger partial charge in [0, 0.05) is 39.2 Å². The minimum Gasteiger partial charge on any atom is -0.368 e. The van der Waals surface area contributed by atoms with Crippen LogP contribution in [0, 0.1) is 0 Å². The number of aromatic nitrogens is 4. The van der Waals surface area contributed by atoms with E-state index in [-0.39, 0.29) is 12.0 Å². The van der Waals surface area contributed by atoms with Gasteiger partial charge < -0.3 is 9.64 Å². The Balaban J connectivity index is 1.22. The number of ether oxygens (including phenoxy) is 1. The van der Waals surface area contributed by atoms with Crippen molar-refractivity contribution in [1.82, 2.24) is 30.0 Å². The highest BCUT2D eigenvalue weighted by atomic mass is 16.5. The number of carbonyl (C=O) groups is 1. The lowest BCUT2D eigenvalue weighted by molar-refractivity contribution is -0.142. The van der Waals surface area contributed by atoms with E-state index in [1.807, 2.05) is 35.2 Å². The topological polar surface area (TPSA) is 76.4 Å². The van der Waals surface area contributed by atoms with Gasteiger partial charge in [-0.25, -0.2) is 0 Å². The average molecular weight is 370 g/mol. The molecule has 2 aliphatic rings. The van der Waals surface area contributed by atoms with Crippen LogP contribution in [0.25, 0.3) is 5.69 Å². The lowest BCUT2D eigenvalue weighted by Gasteiger charge is -2.35. The van der Waals surface area contributed by atoms with Crippen LogP contribution in [0.5, 0.6) is 0 Å². The van der Waals surface area contributed by atoms with E-state index in [2.05, 4.69) is 20.4 Å². The fourth-order valence-electron chi connectivity index (χ4n) is 3.76. The van der Waals surface area contributed by atoms with Gasteiger partial charge in [0.1, 0.15) is 6.10 Å². The van der Waals surface area contributed by atoms with Gasteiger partial charge in [-0.05, 0) is 48.4 Å². The molecule has 144 valence electrons. The zero-order valence-corrected chi connectivity index (χ0v) is 15.5. The van der Waals surface area contributed by atoms with Crippen LogP contribution >= 0.6 is 0 Å². The predicted octanol–water partition coefficient (Wildman–Crippen LogP) is 0.918. The molecule has 1 unspecified atom stereocenters. The van der Waals surface area contributed by atoms with Crippen molar-refractivity contribution in [3.63, 3.8) is 0 Å². The van der Waals surface area contributed by atoms with E-state index in [1.54, 1.807) is 4.68 Å². The van der Waals surface area contributed by atoms with Gasteiger partial charge in [-0.1, -0.05) is 18.2 Å². The Hall–Kier alpha value is -2.32.